The van der Waals surface area contributed by atoms with Crippen LogP contribution in [0.4, 0.5) is 4.39 Å². The van der Waals surface area contributed by atoms with Gasteiger partial charge in [-0.25, -0.2) is 4.39 Å². The summed E-state index contributed by atoms with van der Waals surface area (Å²) in [7, 11) is 0. The summed E-state index contributed by atoms with van der Waals surface area (Å²) >= 11 is 3.38. The van der Waals surface area contributed by atoms with Crippen molar-refractivity contribution in [2.75, 3.05) is 19.8 Å². The molecule has 1 heterocycles. The molecule has 1 aliphatic rings. The molecule has 112 valence electrons. The molecule has 0 unspecified atom stereocenters. The van der Waals surface area contributed by atoms with E-state index in [1.807, 2.05) is 6.07 Å². The number of nitrogens with one attached hydrogen (secondary N) is 1. The lowest BCUT2D eigenvalue weighted by molar-refractivity contribution is 0.0140. The van der Waals surface area contributed by atoms with Gasteiger partial charge in [0.15, 0.2) is 0 Å². The lowest BCUT2D eigenvalue weighted by atomic mass is 9.75. The highest BCUT2D eigenvalue weighted by Crippen LogP contribution is 2.36. The predicted octanol–water partition coefficient (Wildman–Crippen LogP) is 3.93. The Labute approximate surface area is 129 Å². The Bertz CT molecular complexity index is 444. The zero-order valence-corrected chi connectivity index (χ0v) is 13.8. The van der Waals surface area contributed by atoms with Crippen molar-refractivity contribution in [1.82, 2.24) is 5.32 Å². The van der Waals surface area contributed by atoms with Gasteiger partial charge in [0.2, 0.25) is 0 Å². The maximum Gasteiger partial charge on any atom is 0.137 e. The van der Waals surface area contributed by atoms with Crippen molar-refractivity contribution < 1.29 is 9.13 Å². The van der Waals surface area contributed by atoms with E-state index in [0.29, 0.717) is 10.5 Å². The highest BCUT2D eigenvalue weighted by Gasteiger charge is 2.33. The first-order valence-electron chi connectivity index (χ1n) is 7.26. The fraction of sp³-hybridized carbons (Fsp3) is 0.625. The Balaban J connectivity index is 2.16. The summed E-state index contributed by atoms with van der Waals surface area (Å²) in [6.45, 7) is 6.87. The van der Waals surface area contributed by atoms with Crippen LogP contribution in [0.25, 0.3) is 0 Å². The predicted molar refractivity (Wildman–Crippen MR) is 83.4 cm³/mol. The Hall–Kier alpha value is -0.450. The van der Waals surface area contributed by atoms with Gasteiger partial charge in [-0.3, -0.25) is 0 Å². The van der Waals surface area contributed by atoms with Gasteiger partial charge >= 0.3 is 0 Å². The summed E-state index contributed by atoms with van der Waals surface area (Å²) in [5, 5.41) is 3.55. The van der Waals surface area contributed by atoms with Gasteiger partial charge in [-0.1, -0.05) is 26.0 Å². The molecule has 1 fully saturated rings. The van der Waals surface area contributed by atoms with Gasteiger partial charge in [-0.2, -0.15) is 0 Å². The van der Waals surface area contributed by atoms with E-state index in [4.69, 9.17) is 4.74 Å². The Kier molecular flexibility index (Phi) is 5.58. The van der Waals surface area contributed by atoms with Gasteiger partial charge in [-0.05, 0) is 52.2 Å². The summed E-state index contributed by atoms with van der Waals surface area (Å²) in [5.74, 6) is -0.179. The molecule has 4 heteroatoms. The lowest BCUT2D eigenvalue weighted by Crippen LogP contribution is -2.43. The van der Waals surface area contributed by atoms with Gasteiger partial charge in [-0.15, -0.1) is 0 Å². The fourth-order valence-electron chi connectivity index (χ4n) is 2.73. The average Bonchev–Trinajstić information content (AvgIpc) is 2.43. The van der Waals surface area contributed by atoms with Crippen LogP contribution in [-0.2, 0) is 11.2 Å². The van der Waals surface area contributed by atoms with E-state index in [1.165, 1.54) is 6.07 Å². The van der Waals surface area contributed by atoms with E-state index in [0.717, 1.165) is 44.6 Å². The minimum Gasteiger partial charge on any atom is -0.381 e. The monoisotopic (exact) mass is 343 g/mol. The third-order valence-corrected chi connectivity index (χ3v) is 4.92. The first-order valence-corrected chi connectivity index (χ1v) is 8.06. The molecule has 0 spiro atoms. The minimum absolute atomic E-state index is 0.166. The first kappa shape index (κ1) is 15.9. The molecule has 0 saturated carbocycles. The molecule has 0 bridgehead atoms. The van der Waals surface area contributed by atoms with Crippen LogP contribution in [0.1, 0.15) is 32.3 Å². The molecular weight excluding hydrogens is 321 g/mol. The summed E-state index contributed by atoms with van der Waals surface area (Å²) in [6.07, 6.45) is 2.93. The zero-order chi connectivity index (χ0) is 14.6. The number of benzene rings is 1. The molecule has 2 nitrogen and oxygen atoms in total. The molecular formula is C16H23BrFNO. The highest BCUT2D eigenvalue weighted by atomic mass is 79.9. The van der Waals surface area contributed by atoms with Crippen LogP contribution in [0.3, 0.4) is 0 Å². The van der Waals surface area contributed by atoms with Crippen molar-refractivity contribution in [1.29, 1.82) is 0 Å². The summed E-state index contributed by atoms with van der Waals surface area (Å²) in [6, 6.07) is 5.76. The lowest BCUT2D eigenvalue weighted by Gasteiger charge is -2.38. The van der Waals surface area contributed by atoms with Crippen molar-refractivity contribution in [2.24, 2.45) is 5.41 Å². The number of ether oxygens (including phenoxy) is 1. The van der Waals surface area contributed by atoms with Crippen molar-refractivity contribution >= 4 is 15.9 Å². The molecule has 0 amide bonds. The van der Waals surface area contributed by atoms with Crippen molar-refractivity contribution in [3.8, 4) is 0 Å². The second-order valence-corrected chi connectivity index (χ2v) is 6.83. The molecule has 0 radical (unpaired) electrons. The SMILES string of the molecule is CC(C)NCC1(Cc2cccc(F)c2Br)CCOCC1. The third kappa shape index (κ3) is 4.03. The van der Waals surface area contributed by atoms with E-state index in [9.17, 15) is 4.39 Å². The van der Waals surface area contributed by atoms with E-state index in [-0.39, 0.29) is 11.2 Å². The minimum atomic E-state index is -0.179. The third-order valence-electron chi connectivity index (χ3n) is 4.04. The second-order valence-electron chi connectivity index (χ2n) is 6.04. The van der Waals surface area contributed by atoms with Crippen LogP contribution in [0.15, 0.2) is 22.7 Å². The van der Waals surface area contributed by atoms with E-state index >= 15 is 0 Å². The number of halogens is 2. The standard InChI is InChI=1S/C16H23BrFNO/c1-12(2)19-11-16(6-8-20-9-7-16)10-13-4-3-5-14(18)15(13)17/h3-5,12,19H,6-11H2,1-2H3. The maximum atomic E-state index is 13.7. The zero-order valence-electron chi connectivity index (χ0n) is 12.2. The summed E-state index contributed by atoms with van der Waals surface area (Å²) in [5.41, 5.74) is 1.22. The largest absolute Gasteiger partial charge is 0.381 e. The van der Waals surface area contributed by atoms with Crippen LogP contribution in [-0.4, -0.2) is 25.8 Å². The first-order chi connectivity index (χ1) is 9.52. The quantitative estimate of drug-likeness (QED) is 0.874. The average molecular weight is 344 g/mol. The smallest absolute Gasteiger partial charge is 0.137 e. The van der Waals surface area contributed by atoms with Gasteiger partial charge in [0, 0.05) is 25.8 Å². The number of hydrogen-bond donors (Lipinski definition) is 1. The van der Waals surface area contributed by atoms with Gasteiger partial charge in [0.25, 0.3) is 0 Å². The van der Waals surface area contributed by atoms with Crippen molar-refractivity contribution in [3.63, 3.8) is 0 Å². The van der Waals surface area contributed by atoms with Gasteiger partial charge < -0.3 is 10.1 Å². The van der Waals surface area contributed by atoms with Crippen LogP contribution in [0.5, 0.6) is 0 Å². The molecule has 0 aliphatic carbocycles. The molecule has 1 saturated heterocycles. The van der Waals surface area contributed by atoms with Gasteiger partial charge in [0.05, 0.1) is 4.47 Å². The molecule has 1 aliphatic heterocycles. The van der Waals surface area contributed by atoms with Crippen LogP contribution < -0.4 is 5.32 Å². The molecule has 2 rings (SSSR count). The van der Waals surface area contributed by atoms with Crippen LogP contribution in [0.2, 0.25) is 0 Å². The van der Waals surface area contributed by atoms with Crippen LogP contribution >= 0.6 is 15.9 Å². The Morgan fingerprint density at radius 2 is 2.05 bits per heavy atom. The van der Waals surface area contributed by atoms with Crippen molar-refractivity contribution in [2.45, 2.75) is 39.2 Å². The number of hydrogen-bond acceptors (Lipinski definition) is 2. The molecule has 1 aromatic rings. The highest BCUT2D eigenvalue weighted by molar-refractivity contribution is 9.10. The van der Waals surface area contributed by atoms with Crippen molar-refractivity contribution in [3.05, 3.63) is 34.1 Å². The van der Waals surface area contributed by atoms with E-state index in [2.05, 4.69) is 35.1 Å². The van der Waals surface area contributed by atoms with Crippen LogP contribution in [0, 0.1) is 11.2 Å². The van der Waals surface area contributed by atoms with Gasteiger partial charge in [0.1, 0.15) is 5.82 Å². The summed E-state index contributed by atoms with van der Waals surface area (Å²) < 4.78 is 19.8. The normalized spacial score (nSPS) is 18.4. The molecule has 20 heavy (non-hydrogen) atoms. The number of rotatable bonds is 5. The molecule has 0 atom stereocenters. The molecule has 1 N–H and O–H groups in total. The fourth-order valence-corrected chi connectivity index (χ4v) is 3.13. The molecule has 1 aromatic carbocycles. The maximum absolute atomic E-state index is 13.7. The second kappa shape index (κ2) is 7.01. The topological polar surface area (TPSA) is 21.3 Å². The van der Waals surface area contributed by atoms with E-state index < -0.39 is 0 Å². The Morgan fingerprint density at radius 1 is 1.35 bits per heavy atom. The molecule has 0 aromatic heterocycles. The Morgan fingerprint density at radius 3 is 2.70 bits per heavy atom. The summed E-state index contributed by atoms with van der Waals surface area (Å²) in [4.78, 5) is 0. The van der Waals surface area contributed by atoms with E-state index in [1.54, 1.807) is 6.07 Å².